The molecule has 0 amide bonds. The molecule has 3 aromatic rings. The van der Waals surface area contributed by atoms with Crippen LogP contribution in [0.2, 0.25) is 0 Å². The SMILES string of the molecule is Cc1cc(C(=O)c2ccc(F)c3ccccc23)ccc1F. The van der Waals surface area contributed by atoms with Gasteiger partial charge in [0.2, 0.25) is 0 Å². The van der Waals surface area contributed by atoms with Crippen LogP contribution in [-0.2, 0) is 0 Å². The zero-order chi connectivity index (χ0) is 15.0. The van der Waals surface area contributed by atoms with Crippen LogP contribution in [0.3, 0.4) is 0 Å². The summed E-state index contributed by atoms with van der Waals surface area (Å²) in [6, 6.07) is 13.8. The maximum atomic E-state index is 13.8. The first-order chi connectivity index (χ1) is 10.1. The van der Waals surface area contributed by atoms with Gasteiger partial charge < -0.3 is 0 Å². The molecule has 3 aromatic carbocycles. The third-order valence-electron chi connectivity index (χ3n) is 3.54. The number of hydrogen-bond donors (Lipinski definition) is 0. The molecular formula is C18H12F2O. The van der Waals surface area contributed by atoms with Gasteiger partial charge in [-0.2, -0.15) is 0 Å². The molecule has 0 bridgehead atoms. The smallest absolute Gasteiger partial charge is 0.193 e. The number of ketones is 1. The Morgan fingerprint density at radius 3 is 2.24 bits per heavy atom. The van der Waals surface area contributed by atoms with Crippen molar-refractivity contribution in [3.8, 4) is 0 Å². The second kappa shape index (κ2) is 5.09. The third kappa shape index (κ3) is 2.31. The summed E-state index contributed by atoms with van der Waals surface area (Å²) in [5.74, 6) is -0.956. The van der Waals surface area contributed by atoms with Crippen LogP contribution in [0.4, 0.5) is 8.78 Å². The van der Waals surface area contributed by atoms with Gasteiger partial charge in [-0.1, -0.05) is 24.3 Å². The molecule has 21 heavy (non-hydrogen) atoms. The third-order valence-corrected chi connectivity index (χ3v) is 3.54. The van der Waals surface area contributed by atoms with Crippen LogP contribution in [0.15, 0.2) is 54.6 Å². The molecule has 0 atom stereocenters. The van der Waals surface area contributed by atoms with Crippen LogP contribution in [0, 0.1) is 18.6 Å². The number of aryl methyl sites for hydroxylation is 1. The molecule has 0 N–H and O–H groups in total. The highest BCUT2D eigenvalue weighted by Gasteiger charge is 2.15. The highest BCUT2D eigenvalue weighted by Crippen LogP contribution is 2.24. The van der Waals surface area contributed by atoms with Crippen LogP contribution >= 0.6 is 0 Å². The summed E-state index contributed by atoms with van der Waals surface area (Å²) in [6.07, 6.45) is 0. The summed E-state index contributed by atoms with van der Waals surface area (Å²) in [5.41, 5.74) is 1.22. The fraction of sp³-hybridized carbons (Fsp3) is 0.0556. The van der Waals surface area contributed by atoms with Crippen molar-refractivity contribution in [1.82, 2.24) is 0 Å². The fourth-order valence-electron chi connectivity index (χ4n) is 2.40. The normalized spacial score (nSPS) is 10.8. The zero-order valence-corrected chi connectivity index (χ0v) is 11.4. The molecule has 0 radical (unpaired) electrons. The van der Waals surface area contributed by atoms with Crippen LogP contribution in [0.25, 0.3) is 10.8 Å². The molecule has 0 aliphatic rings. The van der Waals surface area contributed by atoms with Gasteiger partial charge >= 0.3 is 0 Å². The monoisotopic (exact) mass is 282 g/mol. The lowest BCUT2D eigenvalue weighted by Gasteiger charge is -2.08. The summed E-state index contributed by atoms with van der Waals surface area (Å²) >= 11 is 0. The molecule has 0 saturated carbocycles. The lowest BCUT2D eigenvalue weighted by atomic mass is 9.96. The highest BCUT2D eigenvalue weighted by atomic mass is 19.1. The van der Waals surface area contributed by atoms with E-state index in [2.05, 4.69) is 0 Å². The Balaban J connectivity index is 2.18. The standard InChI is InChI=1S/C18H12F2O/c1-11-10-12(6-8-16(11)19)18(21)15-7-9-17(20)14-5-3-2-4-13(14)15/h2-10H,1H3. The first kappa shape index (κ1) is 13.4. The van der Waals surface area contributed by atoms with Crippen LogP contribution < -0.4 is 0 Å². The minimum atomic E-state index is -0.363. The molecule has 0 spiro atoms. The lowest BCUT2D eigenvalue weighted by Crippen LogP contribution is -2.03. The van der Waals surface area contributed by atoms with E-state index in [-0.39, 0.29) is 17.4 Å². The zero-order valence-electron chi connectivity index (χ0n) is 11.4. The molecule has 104 valence electrons. The molecule has 0 aliphatic carbocycles. The van der Waals surface area contributed by atoms with E-state index in [1.54, 1.807) is 31.2 Å². The van der Waals surface area contributed by atoms with E-state index in [0.717, 1.165) is 0 Å². The van der Waals surface area contributed by atoms with Crippen molar-refractivity contribution in [3.05, 3.63) is 82.9 Å². The van der Waals surface area contributed by atoms with Crippen molar-refractivity contribution in [3.63, 3.8) is 0 Å². The number of carbonyl (C=O) groups is 1. The molecule has 1 nitrogen and oxygen atoms in total. The number of rotatable bonds is 2. The van der Waals surface area contributed by atoms with Crippen molar-refractivity contribution < 1.29 is 13.6 Å². The van der Waals surface area contributed by atoms with Crippen LogP contribution in [0.5, 0.6) is 0 Å². The fourth-order valence-corrected chi connectivity index (χ4v) is 2.40. The molecule has 0 unspecified atom stereocenters. The average Bonchev–Trinajstić information content (AvgIpc) is 2.50. The molecular weight excluding hydrogens is 270 g/mol. The van der Waals surface area contributed by atoms with Crippen molar-refractivity contribution in [2.24, 2.45) is 0 Å². The van der Waals surface area contributed by atoms with Gasteiger partial charge in [-0.25, -0.2) is 8.78 Å². The molecule has 3 rings (SSSR count). The Morgan fingerprint density at radius 1 is 0.857 bits per heavy atom. The molecule has 0 aromatic heterocycles. The summed E-state index contributed by atoms with van der Waals surface area (Å²) in [5, 5.41) is 0.965. The van der Waals surface area contributed by atoms with E-state index in [1.807, 2.05) is 0 Å². The molecule has 0 saturated heterocycles. The summed E-state index contributed by atoms with van der Waals surface area (Å²) in [7, 11) is 0. The lowest BCUT2D eigenvalue weighted by molar-refractivity contribution is 0.104. The van der Waals surface area contributed by atoms with Crippen molar-refractivity contribution >= 4 is 16.6 Å². The van der Waals surface area contributed by atoms with Gasteiger partial charge in [-0.3, -0.25) is 4.79 Å². The van der Waals surface area contributed by atoms with Gasteiger partial charge in [0.15, 0.2) is 5.78 Å². The van der Waals surface area contributed by atoms with Gasteiger partial charge in [-0.05, 0) is 48.2 Å². The number of halogens is 2. The Labute approximate surface area is 120 Å². The van der Waals surface area contributed by atoms with Gasteiger partial charge in [0.05, 0.1) is 0 Å². The minimum Gasteiger partial charge on any atom is -0.289 e. The topological polar surface area (TPSA) is 17.1 Å². The quantitative estimate of drug-likeness (QED) is 0.625. The predicted octanol–water partition coefficient (Wildman–Crippen LogP) is 4.66. The van der Waals surface area contributed by atoms with Gasteiger partial charge in [0, 0.05) is 16.5 Å². The number of hydrogen-bond acceptors (Lipinski definition) is 1. The number of carbonyl (C=O) groups excluding carboxylic acids is 1. The van der Waals surface area contributed by atoms with Gasteiger partial charge in [0.25, 0.3) is 0 Å². The maximum Gasteiger partial charge on any atom is 0.193 e. The number of benzene rings is 3. The van der Waals surface area contributed by atoms with E-state index in [9.17, 15) is 13.6 Å². The molecule has 3 heteroatoms. The second-order valence-electron chi connectivity index (χ2n) is 4.93. The second-order valence-corrected chi connectivity index (χ2v) is 4.93. The Bertz CT molecular complexity index is 853. The molecule has 0 aliphatic heterocycles. The van der Waals surface area contributed by atoms with E-state index >= 15 is 0 Å². The van der Waals surface area contributed by atoms with E-state index in [0.29, 0.717) is 27.5 Å². The minimum absolute atomic E-state index is 0.241. The summed E-state index contributed by atoms with van der Waals surface area (Å²) < 4.78 is 27.1. The first-order valence-corrected chi connectivity index (χ1v) is 6.56. The Morgan fingerprint density at radius 2 is 1.52 bits per heavy atom. The Hall–Kier alpha value is -2.55. The largest absolute Gasteiger partial charge is 0.289 e. The van der Waals surface area contributed by atoms with E-state index < -0.39 is 0 Å². The molecule has 0 fully saturated rings. The number of fused-ring (bicyclic) bond motifs is 1. The van der Waals surface area contributed by atoms with E-state index in [4.69, 9.17) is 0 Å². The predicted molar refractivity (Wildman–Crippen MR) is 78.5 cm³/mol. The first-order valence-electron chi connectivity index (χ1n) is 6.56. The highest BCUT2D eigenvalue weighted by molar-refractivity contribution is 6.16. The van der Waals surface area contributed by atoms with Crippen molar-refractivity contribution in [1.29, 1.82) is 0 Å². The van der Waals surface area contributed by atoms with Crippen LogP contribution in [-0.4, -0.2) is 5.78 Å². The summed E-state index contributed by atoms with van der Waals surface area (Å²) in [4.78, 5) is 12.6. The van der Waals surface area contributed by atoms with Gasteiger partial charge in [0.1, 0.15) is 11.6 Å². The average molecular weight is 282 g/mol. The maximum absolute atomic E-state index is 13.8. The Kier molecular flexibility index (Phi) is 3.26. The summed E-state index contributed by atoms with van der Waals surface area (Å²) in [6.45, 7) is 1.61. The molecule has 0 heterocycles. The van der Waals surface area contributed by atoms with Crippen LogP contribution in [0.1, 0.15) is 21.5 Å². The van der Waals surface area contributed by atoms with Crippen molar-refractivity contribution in [2.45, 2.75) is 6.92 Å². The van der Waals surface area contributed by atoms with E-state index in [1.165, 1.54) is 30.3 Å². The van der Waals surface area contributed by atoms with Crippen molar-refractivity contribution in [2.75, 3.05) is 0 Å². The van der Waals surface area contributed by atoms with Gasteiger partial charge in [-0.15, -0.1) is 0 Å².